The van der Waals surface area contributed by atoms with Crippen molar-refractivity contribution in [3.05, 3.63) is 50.4 Å². The molecule has 152 valence electrons. The molecular weight excluding hydrogens is 365 g/mol. The van der Waals surface area contributed by atoms with Crippen LogP contribution in [-0.2, 0) is 11.3 Å². The Labute approximate surface area is 162 Å². The maximum Gasteiger partial charge on any atom is 0.330 e. The lowest BCUT2D eigenvalue weighted by Gasteiger charge is -2.24. The maximum absolute atomic E-state index is 13.4. The second-order valence-corrected chi connectivity index (χ2v) is 6.52. The van der Waals surface area contributed by atoms with Crippen LogP contribution in [0, 0.1) is 12.7 Å². The van der Waals surface area contributed by atoms with E-state index in [0.717, 1.165) is 12.8 Å². The number of nitrogen functional groups attached to an aromatic ring is 1. The van der Waals surface area contributed by atoms with Gasteiger partial charge in [-0.1, -0.05) is 19.4 Å². The molecule has 0 aliphatic heterocycles. The number of rotatable bonds is 8. The zero-order valence-corrected chi connectivity index (χ0v) is 16.3. The van der Waals surface area contributed by atoms with Crippen LogP contribution in [0.1, 0.15) is 32.3 Å². The Morgan fingerprint density at radius 2 is 2.04 bits per heavy atom. The van der Waals surface area contributed by atoms with E-state index in [-0.39, 0.29) is 18.1 Å². The van der Waals surface area contributed by atoms with Gasteiger partial charge in [0, 0.05) is 18.8 Å². The van der Waals surface area contributed by atoms with E-state index < -0.39 is 23.0 Å². The van der Waals surface area contributed by atoms with Crippen molar-refractivity contribution in [3.8, 4) is 0 Å². The number of benzene rings is 1. The van der Waals surface area contributed by atoms with Gasteiger partial charge in [-0.05, 0) is 38.0 Å². The molecular formula is C19H26FN5O3. The quantitative estimate of drug-likeness (QED) is 0.635. The molecule has 1 aromatic heterocycles. The number of carbonyl (C=O) groups is 1. The van der Waals surface area contributed by atoms with Crippen LogP contribution >= 0.6 is 0 Å². The van der Waals surface area contributed by atoms with Crippen LogP contribution in [-0.4, -0.2) is 28.5 Å². The first-order chi connectivity index (χ1) is 13.3. The molecule has 0 spiro atoms. The number of H-pyrrole nitrogens is 1. The number of hydrogen-bond donors (Lipinski definition) is 3. The van der Waals surface area contributed by atoms with Crippen molar-refractivity contribution < 1.29 is 9.18 Å². The molecule has 1 amide bonds. The predicted molar refractivity (Wildman–Crippen MR) is 108 cm³/mol. The van der Waals surface area contributed by atoms with E-state index in [1.54, 1.807) is 19.9 Å². The van der Waals surface area contributed by atoms with E-state index in [1.807, 2.05) is 6.92 Å². The van der Waals surface area contributed by atoms with Crippen molar-refractivity contribution in [1.29, 1.82) is 0 Å². The number of nitrogens with one attached hydrogen (secondary N) is 2. The molecule has 28 heavy (non-hydrogen) atoms. The predicted octanol–water partition coefficient (Wildman–Crippen LogP) is 1.83. The summed E-state index contributed by atoms with van der Waals surface area (Å²) in [6.07, 6.45) is 1.58. The van der Waals surface area contributed by atoms with Gasteiger partial charge < -0.3 is 16.0 Å². The average Bonchev–Trinajstić information content (AvgIpc) is 2.63. The van der Waals surface area contributed by atoms with E-state index in [0.29, 0.717) is 24.3 Å². The number of amides is 1. The van der Waals surface area contributed by atoms with Crippen LogP contribution < -0.4 is 27.2 Å². The zero-order chi connectivity index (χ0) is 20.8. The van der Waals surface area contributed by atoms with Gasteiger partial charge in [-0.2, -0.15) is 0 Å². The normalized spacial score (nSPS) is 10.7. The van der Waals surface area contributed by atoms with Gasteiger partial charge in [0.2, 0.25) is 5.91 Å². The van der Waals surface area contributed by atoms with Crippen LogP contribution in [0.3, 0.4) is 0 Å². The van der Waals surface area contributed by atoms with Crippen LogP contribution in [0.2, 0.25) is 0 Å². The number of aromatic amines is 1. The summed E-state index contributed by atoms with van der Waals surface area (Å²) in [5.41, 5.74) is 6.02. The number of carbonyl (C=O) groups excluding carboxylic acids is 1. The Morgan fingerprint density at radius 3 is 2.68 bits per heavy atom. The Hall–Kier alpha value is -3.10. The number of nitrogens with zero attached hydrogens (tertiary/aromatic N) is 2. The Bertz CT molecular complexity index is 967. The lowest BCUT2D eigenvalue weighted by atomic mass is 10.2. The lowest BCUT2D eigenvalue weighted by Crippen LogP contribution is -2.41. The third-order valence-corrected chi connectivity index (χ3v) is 4.46. The highest BCUT2D eigenvalue weighted by Gasteiger charge is 2.20. The second-order valence-electron chi connectivity index (χ2n) is 6.52. The molecule has 0 bridgehead atoms. The zero-order valence-electron chi connectivity index (χ0n) is 16.3. The minimum Gasteiger partial charge on any atom is -0.383 e. The lowest BCUT2D eigenvalue weighted by molar-refractivity contribution is -0.115. The first-order valence-electron chi connectivity index (χ1n) is 9.22. The smallest absolute Gasteiger partial charge is 0.330 e. The number of nitrogens with two attached hydrogens (primary N) is 1. The van der Waals surface area contributed by atoms with Gasteiger partial charge in [0.15, 0.2) is 0 Å². The van der Waals surface area contributed by atoms with Gasteiger partial charge in [0.1, 0.15) is 17.3 Å². The molecule has 0 saturated carbocycles. The molecule has 2 aromatic rings. The molecule has 2 rings (SSSR count). The summed E-state index contributed by atoms with van der Waals surface area (Å²) >= 11 is 0. The number of anilines is 3. The highest BCUT2D eigenvalue weighted by Crippen LogP contribution is 2.18. The minimum absolute atomic E-state index is 0.0267. The van der Waals surface area contributed by atoms with Crippen LogP contribution in [0.5, 0.6) is 0 Å². The summed E-state index contributed by atoms with van der Waals surface area (Å²) in [6, 6.07) is 4.10. The summed E-state index contributed by atoms with van der Waals surface area (Å²) in [4.78, 5) is 40.6. The van der Waals surface area contributed by atoms with E-state index in [1.165, 1.54) is 21.6 Å². The van der Waals surface area contributed by atoms with E-state index in [9.17, 15) is 18.8 Å². The molecule has 0 saturated heterocycles. The van der Waals surface area contributed by atoms with Crippen molar-refractivity contribution in [3.63, 3.8) is 0 Å². The SMILES string of the molecule is CCCCn1c(N)c(N(CC)CC(=O)Nc2cc(F)ccc2C)c(=O)[nH]c1=O. The molecule has 1 aromatic carbocycles. The van der Waals surface area contributed by atoms with Crippen molar-refractivity contribution >= 4 is 23.1 Å². The average molecular weight is 391 g/mol. The summed E-state index contributed by atoms with van der Waals surface area (Å²) < 4.78 is 14.7. The molecule has 9 heteroatoms. The first-order valence-corrected chi connectivity index (χ1v) is 9.22. The summed E-state index contributed by atoms with van der Waals surface area (Å²) in [7, 11) is 0. The highest BCUT2D eigenvalue weighted by atomic mass is 19.1. The van der Waals surface area contributed by atoms with Crippen molar-refractivity contribution in [2.24, 2.45) is 0 Å². The summed E-state index contributed by atoms with van der Waals surface area (Å²) in [5, 5.41) is 2.64. The van der Waals surface area contributed by atoms with E-state index >= 15 is 0 Å². The fourth-order valence-electron chi connectivity index (χ4n) is 2.86. The third-order valence-electron chi connectivity index (χ3n) is 4.46. The fourth-order valence-corrected chi connectivity index (χ4v) is 2.86. The number of aromatic nitrogens is 2. The van der Waals surface area contributed by atoms with Crippen LogP contribution in [0.4, 0.5) is 21.6 Å². The fraction of sp³-hybridized carbons (Fsp3) is 0.421. The molecule has 0 fully saturated rings. The van der Waals surface area contributed by atoms with Crippen molar-refractivity contribution in [2.45, 2.75) is 40.2 Å². The third kappa shape index (κ3) is 4.79. The Balaban J connectivity index is 2.30. The molecule has 0 radical (unpaired) electrons. The van der Waals surface area contributed by atoms with Crippen LogP contribution in [0.15, 0.2) is 27.8 Å². The molecule has 1 heterocycles. The molecule has 0 aliphatic carbocycles. The number of likely N-dealkylation sites (N-methyl/N-ethyl adjacent to an activating group) is 1. The maximum atomic E-state index is 13.4. The molecule has 0 aliphatic rings. The number of aryl methyl sites for hydroxylation is 1. The van der Waals surface area contributed by atoms with E-state index in [4.69, 9.17) is 5.73 Å². The van der Waals surface area contributed by atoms with E-state index in [2.05, 4.69) is 10.3 Å². The monoisotopic (exact) mass is 391 g/mol. The van der Waals surface area contributed by atoms with Gasteiger partial charge in [0.25, 0.3) is 5.56 Å². The molecule has 4 N–H and O–H groups in total. The van der Waals surface area contributed by atoms with Gasteiger partial charge in [-0.25, -0.2) is 9.18 Å². The van der Waals surface area contributed by atoms with Gasteiger partial charge in [-0.15, -0.1) is 0 Å². The number of hydrogen-bond acceptors (Lipinski definition) is 5. The second kappa shape index (κ2) is 9.20. The van der Waals surface area contributed by atoms with Crippen LogP contribution in [0.25, 0.3) is 0 Å². The molecule has 0 unspecified atom stereocenters. The minimum atomic E-state index is -0.646. The number of halogens is 1. The first kappa shape index (κ1) is 21.2. The Kier molecular flexibility index (Phi) is 6.97. The highest BCUT2D eigenvalue weighted by molar-refractivity contribution is 5.95. The van der Waals surface area contributed by atoms with Gasteiger partial charge in [0.05, 0.1) is 6.54 Å². The Morgan fingerprint density at radius 1 is 1.32 bits per heavy atom. The summed E-state index contributed by atoms with van der Waals surface area (Å²) in [6.45, 7) is 6.00. The largest absolute Gasteiger partial charge is 0.383 e. The van der Waals surface area contributed by atoms with Crippen molar-refractivity contribution in [1.82, 2.24) is 9.55 Å². The number of unbranched alkanes of at least 4 members (excludes halogenated alkanes) is 1. The molecule has 8 nitrogen and oxygen atoms in total. The summed E-state index contributed by atoms with van der Waals surface area (Å²) in [5.74, 6) is -0.864. The van der Waals surface area contributed by atoms with Crippen molar-refractivity contribution in [2.75, 3.05) is 29.0 Å². The van der Waals surface area contributed by atoms with Gasteiger partial charge in [-0.3, -0.25) is 19.1 Å². The standard InChI is InChI=1S/C19H26FN5O3/c1-4-6-9-25-17(21)16(18(27)23-19(25)28)24(5-2)11-15(26)22-14-10-13(20)8-7-12(14)3/h7-8,10H,4-6,9,11,21H2,1-3H3,(H,22,26)(H,23,27,28). The molecule has 0 atom stereocenters. The van der Waals surface area contributed by atoms with Gasteiger partial charge >= 0.3 is 5.69 Å². The topological polar surface area (TPSA) is 113 Å².